The average Bonchev–Trinajstić information content (AvgIpc) is 3.06. The van der Waals surface area contributed by atoms with Gasteiger partial charge in [-0.25, -0.2) is 0 Å². The van der Waals surface area contributed by atoms with Crippen molar-refractivity contribution in [1.29, 1.82) is 0 Å². The number of fused-ring (bicyclic) bond motifs is 1. The van der Waals surface area contributed by atoms with Crippen LogP contribution in [-0.2, 0) is 19.4 Å². The fourth-order valence-electron chi connectivity index (χ4n) is 4.41. The summed E-state index contributed by atoms with van der Waals surface area (Å²) in [5.74, 6) is 1.46. The van der Waals surface area contributed by atoms with E-state index in [0.717, 1.165) is 6.42 Å². The second-order valence-corrected chi connectivity index (χ2v) is 17.4. The van der Waals surface area contributed by atoms with Gasteiger partial charge < -0.3 is 0 Å². The molecule has 0 aromatic heterocycles. The standard InChI is InChI=1S/C25H31.2ClH.Zr/c1-7-18(6)20-14-19-12-13-22(17(4)5)25(24(19)15-20)23-11-9-8-10-21(23)16(2)3;;;/h8-18H,7H2,1-6H3;2*1H;/q;;;+2/p-2. The van der Waals surface area contributed by atoms with Gasteiger partial charge in [0.25, 0.3) is 0 Å². The molecule has 2 aromatic carbocycles. The van der Waals surface area contributed by atoms with E-state index in [9.17, 15) is 0 Å². The first-order valence-electron chi connectivity index (χ1n) is 10.4. The second-order valence-electron chi connectivity index (χ2n) is 8.61. The van der Waals surface area contributed by atoms with Crippen LogP contribution in [-0.4, -0.2) is 0 Å². The van der Waals surface area contributed by atoms with E-state index in [0.29, 0.717) is 17.8 Å². The number of hydrogen-bond acceptors (Lipinski definition) is 0. The minimum absolute atomic E-state index is 0.279. The summed E-state index contributed by atoms with van der Waals surface area (Å²) >= 11 is -2.51. The normalized spacial score (nSPS) is 17.1. The summed E-state index contributed by atoms with van der Waals surface area (Å²) in [7, 11) is 13.4. The maximum atomic E-state index is 6.71. The van der Waals surface area contributed by atoms with Crippen LogP contribution >= 0.6 is 17.0 Å². The van der Waals surface area contributed by atoms with Crippen molar-refractivity contribution in [2.24, 2.45) is 5.92 Å². The van der Waals surface area contributed by atoms with Crippen LogP contribution in [0, 0.1) is 5.92 Å². The van der Waals surface area contributed by atoms with E-state index in [1.807, 2.05) is 0 Å². The predicted molar refractivity (Wildman–Crippen MR) is 122 cm³/mol. The molecule has 0 radical (unpaired) electrons. The zero-order valence-electron chi connectivity index (χ0n) is 17.8. The van der Waals surface area contributed by atoms with E-state index in [2.05, 4.69) is 84.0 Å². The van der Waals surface area contributed by atoms with Crippen molar-refractivity contribution in [2.45, 2.75) is 63.4 Å². The van der Waals surface area contributed by atoms with E-state index in [1.165, 1.54) is 39.0 Å². The Labute approximate surface area is 186 Å². The van der Waals surface area contributed by atoms with Gasteiger partial charge in [0.15, 0.2) is 0 Å². The van der Waals surface area contributed by atoms with Crippen LogP contribution in [0.1, 0.15) is 85.7 Å². The molecule has 1 aliphatic carbocycles. The fraction of sp³-hybridized carbons (Fsp3) is 0.440. The molecule has 0 N–H and O–H groups in total. The summed E-state index contributed by atoms with van der Waals surface area (Å²) in [6.07, 6.45) is 3.56. The topological polar surface area (TPSA) is 0 Å². The van der Waals surface area contributed by atoms with Crippen molar-refractivity contribution in [3.8, 4) is 11.1 Å². The number of hydrogen-bond donors (Lipinski definition) is 0. The molecule has 0 saturated heterocycles. The second kappa shape index (κ2) is 9.20. The summed E-state index contributed by atoms with van der Waals surface area (Å²) in [6, 6.07) is 13.5. The first-order chi connectivity index (χ1) is 13.3. The third kappa shape index (κ3) is 4.10. The van der Waals surface area contributed by atoms with E-state index in [4.69, 9.17) is 17.0 Å². The summed E-state index contributed by atoms with van der Waals surface area (Å²) in [5.41, 5.74) is 9.80. The van der Waals surface area contributed by atoms with E-state index >= 15 is 0 Å². The molecule has 2 aromatic rings. The number of benzene rings is 2. The molecule has 0 nitrogen and oxygen atoms in total. The van der Waals surface area contributed by atoms with Gasteiger partial charge >= 0.3 is 187 Å². The van der Waals surface area contributed by atoms with Gasteiger partial charge in [-0.05, 0) is 0 Å². The van der Waals surface area contributed by atoms with Crippen LogP contribution in [0.15, 0.2) is 42.0 Å². The van der Waals surface area contributed by atoms with Crippen molar-refractivity contribution < 1.29 is 19.4 Å². The molecule has 0 fully saturated rings. The molecule has 28 heavy (non-hydrogen) atoms. The number of allylic oxidation sites excluding steroid dienone is 1. The van der Waals surface area contributed by atoms with E-state index in [-0.39, 0.29) is 3.63 Å². The van der Waals surface area contributed by atoms with Gasteiger partial charge in [-0.3, -0.25) is 0 Å². The third-order valence-electron chi connectivity index (χ3n) is 6.14. The van der Waals surface area contributed by atoms with Gasteiger partial charge in [-0.1, -0.05) is 0 Å². The Balaban J connectivity index is 2.35. The Morgan fingerprint density at radius 1 is 0.893 bits per heavy atom. The first-order valence-corrected chi connectivity index (χ1v) is 18.2. The molecule has 3 rings (SSSR count). The Morgan fingerprint density at radius 2 is 1.54 bits per heavy atom. The van der Waals surface area contributed by atoms with Crippen LogP contribution < -0.4 is 0 Å². The SMILES string of the molecule is CCC(C)C1=Cc2c(ccc(C(C)C)c2-c2ccccc2C(C)C)[CH]1[Zr]([Cl])[Cl]. The zero-order chi connectivity index (χ0) is 20.6. The molecule has 0 saturated carbocycles. The number of rotatable bonds is 6. The fourth-order valence-corrected chi connectivity index (χ4v) is 10.0. The van der Waals surface area contributed by atoms with Crippen molar-refractivity contribution in [2.75, 3.05) is 0 Å². The summed E-state index contributed by atoms with van der Waals surface area (Å²) in [5, 5.41) is 0. The maximum absolute atomic E-state index is 6.71. The third-order valence-corrected chi connectivity index (χ3v) is 11.4. The van der Waals surface area contributed by atoms with Crippen molar-refractivity contribution in [1.82, 2.24) is 0 Å². The molecule has 1 aliphatic rings. The van der Waals surface area contributed by atoms with E-state index < -0.39 is 19.4 Å². The summed E-state index contributed by atoms with van der Waals surface area (Å²) in [6.45, 7) is 13.7. The Bertz CT molecular complexity index is 880. The summed E-state index contributed by atoms with van der Waals surface area (Å²) < 4.78 is 0.279. The van der Waals surface area contributed by atoms with Crippen LogP contribution in [0.4, 0.5) is 0 Å². The monoisotopic (exact) mass is 491 g/mol. The molecule has 0 amide bonds. The predicted octanol–water partition coefficient (Wildman–Crippen LogP) is 9.01. The molecule has 3 heteroatoms. The number of halogens is 2. The minimum atomic E-state index is -2.51. The quantitative estimate of drug-likeness (QED) is 0.377. The van der Waals surface area contributed by atoms with Gasteiger partial charge in [0, 0.05) is 0 Å². The van der Waals surface area contributed by atoms with Crippen LogP contribution in [0.2, 0.25) is 0 Å². The molecule has 0 heterocycles. The average molecular weight is 494 g/mol. The first kappa shape index (κ1) is 22.3. The molecule has 0 spiro atoms. The van der Waals surface area contributed by atoms with Gasteiger partial charge in [0.05, 0.1) is 0 Å². The van der Waals surface area contributed by atoms with Gasteiger partial charge in [0.1, 0.15) is 0 Å². The van der Waals surface area contributed by atoms with Gasteiger partial charge in [-0.15, -0.1) is 0 Å². The molecule has 149 valence electrons. The molecular weight excluding hydrogens is 462 g/mol. The van der Waals surface area contributed by atoms with Gasteiger partial charge in [-0.2, -0.15) is 0 Å². The Kier molecular flexibility index (Phi) is 7.34. The molecule has 2 unspecified atom stereocenters. The summed E-state index contributed by atoms with van der Waals surface area (Å²) in [4.78, 5) is 0. The van der Waals surface area contributed by atoms with Crippen molar-refractivity contribution in [3.63, 3.8) is 0 Å². The van der Waals surface area contributed by atoms with Crippen molar-refractivity contribution >= 4 is 23.1 Å². The molecule has 0 bridgehead atoms. The Morgan fingerprint density at radius 3 is 2.11 bits per heavy atom. The molecule has 2 atom stereocenters. The van der Waals surface area contributed by atoms with E-state index in [1.54, 1.807) is 0 Å². The van der Waals surface area contributed by atoms with Crippen LogP contribution in [0.5, 0.6) is 0 Å². The van der Waals surface area contributed by atoms with Crippen LogP contribution in [0.25, 0.3) is 17.2 Å². The van der Waals surface area contributed by atoms with Gasteiger partial charge in [0.2, 0.25) is 0 Å². The van der Waals surface area contributed by atoms with Crippen molar-refractivity contribution in [3.05, 3.63) is 64.2 Å². The zero-order valence-corrected chi connectivity index (χ0v) is 21.8. The van der Waals surface area contributed by atoms with Crippen LogP contribution in [0.3, 0.4) is 0 Å². The molecule has 0 aliphatic heterocycles. The molecular formula is C25H31Cl2Zr. The Hall–Kier alpha value is -0.357.